The molecule has 2 N–H and O–H groups in total. The Morgan fingerprint density at radius 3 is 2.68 bits per heavy atom. The molecule has 116 valence electrons. The van der Waals surface area contributed by atoms with Crippen molar-refractivity contribution in [2.75, 3.05) is 6.54 Å². The van der Waals surface area contributed by atoms with Crippen molar-refractivity contribution in [3.05, 3.63) is 39.9 Å². The smallest absolute Gasteiger partial charge is 0.269 e. The Bertz CT molecular complexity index is 624. The Morgan fingerprint density at radius 1 is 1.41 bits per heavy atom. The van der Waals surface area contributed by atoms with E-state index in [0.717, 1.165) is 6.42 Å². The van der Waals surface area contributed by atoms with Gasteiger partial charge in [-0.1, -0.05) is 0 Å². The number of non-ortho nitro benzene ring substituents is 1. The summed E-state index contributed by atoms with van der Waals surface area (Å²) in [6, 6.07) is 5.84. The molecule has 1 saturated heterocycles. The molecule has 2 amide bonds. The maximum absolute atomic E-state index is 11.9. The highest BCUT2D eigenvalue weighted by molar-refractivity contribution is 6.02. The average molecular weight is 304 g/mol. The van der Waals surface area contributed by atoms with Crippen molar-refractivity contribution in [2.24, 2.45) is 11.0 Å². The van der Waals surface area contributed by atoms with Crippen LogP contribution in [0, 0.1) is 16.0 Å². The lowest BCUT2D eigenvalue weighted by molar-refractivity contribution is -0.384. The molecule has 0 spiro atoms. The largest absolute Gasteiger partial charge is 0.355 e. The number of rotatable bonds is 4. The van der Waals surface area contributed by atoms with E-state index in [4.69, 9.17) is 0 Å². The molecule has 0 radical (unpaired) electrons. The van der Waals surface area contributed by atoms with Crippen LogP contribution in [0.1, 0.15) is 25.3 Å². The first-order chi connectivity index (χ1) is 10.5. The summed E-state index contributed by atoms with van der Waals surface area (Å²) in [5, 5.41) is 17.2. The van der Waals surface area contributed by atoms with Gasteiger partial charge >= 0.3 is 0 Å². The molecule has 1 atom stereocenters. The number of nitro benzene ring substituents is 1. The number of nitro groups is 1. The summed E-state index contributed by atoms with van der Waals surface area (Å²) in [5.41, 5.74) is 3.51. The van der Waals surface area contributed by atoms with Crippen LogP contribution < -0.4 is 10.7 Å². The van der Waals surface area contributed by atoms with Crippen LogP contribution in [-0.2, 0) is 9.59 Å². The number of benzene rings is 1. The molecule has 0 saturated carbocycles. The molecule has 8 nitrogen and oxygen atoms in total. The second-order valence-corrected chi connectivity index (χ2v) is 4.96. The maximum Gasteiger partial charge on any atom is 0.269 e. The molecule has 2 rings (SSSR count). The quantitative estimate of drug-likeness (QED) is 0.373. The number of hydrazone groups is 1. The third kappa shape index (κ3) is 3.66. The van der Waals surface area contributed by atoms with Gasteiger partial charge in [-0.15, -0.1) is 0 Å². The first kappa shape index (κ1) is 15.6. The summed E-state index contributed by atoms with van der Waals surface area (Å²) in [7, 11) is 0. The molecular weight excluding hydrogens is 288 g/mol. The minimum Gasteiger partial charge on any atom is -0.355 e. The molecule has 0 aromatic heterocycles. The fraction of sp³-hybridized carbons (Fsp3) is 0.357. The second-order valence-electron chi connectivity index (χ2n) is 4.96. The zero-order valence-electron chi connectivity index (χ0n) is 12.0. The van der Waals surface area contributed by atoms with Gasteiger partial charge in [0.1, 0.15) is 5.92 Å². The number of piperidine rings is 1. The summed E-state index contributed by atoms with van der Waals surface area (Å²) >= 11 is 0. The summed E-state index contributed by atoms with van der Waals surface area (Å²) in [4.78, 5) is 33.6. The van der Waals surface area contributed by atoms with Crippen molar-refractivity contribution in [1.29, 1.82) is 0 Å². The summed E-state index contributed by atoms with van der Waals surface area (Å²) in [5.74, 6) is -1.45. The van der Waals surface area contributed by atoms with E-state index in [1.807, 2.05) is 0 Å². The average Bonchev–Trinajstić information content (AvgIpc) is 2.52. The zero-order chi connectivity index (χ0) is 16.1. The van der Waals surface area contributed by atoms with Gasteiger partial charge in [-0.2, -0.15) is 5.10 Å². The van der Waals surface area contributed by atoms with E-state index in [1.165, 1.54) is 12.1 Å². The molecule has 1 heterocycles. The normalized spacial score (nSPS) is 18.5. The molecule has 0 aliphatic carbocycles. The van der Waals surface area contributed by atoms with E-state index in [1.54, 1.807) is 19.1 Å². The number of nitrogens with zero attached hydrogens (tertiary/aromatic N) is 2. The van der Waals surface area contributed by atoms with Crippen LogP contribution in [0.15, 0.2) is 29.4 Å². The Balaban J connectivity index is 2.01. The predicted octanol–water partition coefficient (Wildman–Crippen LogP) is 0.961. The second kappa shape index (κ2) is 6.79. The van der Waals surface area contributed by atoms with Crippen LogP contribution in [0.5, 0.6) is 0 Å². The van der Waals surface area contributed by atoms with E-state index in [9.17, 15) is 19.7 Å². The van der Waals surface area contributed by atoms with Crippen LogP contribution in [0.2, 0.25) is 0 Å². The highest BCUT2D eigenvalue weighted by atomic mass is 16.6. The molecule has 1 aromatic carbocycles. The highest BCUT2D eigenvalue weighted by Crippen LogP contribution is 2.13. The Kier molecular flexibility index (Phi) is 4.82. The molecular formula is C14H16N4O4. The van der Waals surface area contributed by atoms with E-state index in [0.29, 0.717) is 24.2 Å². The van der Waals surface area contributed by atoms with E-state index >= 15 is 0 Å². The zero-order valence-corrected chi connectivity index (χ0v) is 12.0. The topological polar surface area (TPSA) is 114 Å². The van der Waals surface area contributed by atoms with E-state index < -0.39 is 16.7 Å². The third-order valence-corrected chi connectivity index (χ3v) is 3.43. The maximum atomic E-state index is 11.9. The Hall–Kier alpha value is -2.77. The van der Waals surface area contributed by atoms with E-state index in [-0.39, 0.29) is 11.6 Å². The summed E-state index contributed by atoms with van der Waals surface area (Å²) in [6.07, 6.45) is 1.26. The molecule has 0 unspecified atom stereocenters. The predicted molar refractivity (Wildman–Crippen MR) is 79.2 cm³/mol. The molecule has 1 aliphatic rings. The van der Waals surface area contributed by atoms with Gasteiger partial charge in [0.25, 0.3) is 11.6 Å². The number of nitrogens with one attached hydrogen (secondary N) is 2. The van der Waals surface area contributed by atoms with Gasteiger partial charge in [-0.3, -0.25) is 19.7 Å². The first-order valence-electron chi connectivity index (χ1n) is 6.85. The number of carbonyl (C=O) groups is 2. The molecule has 1 aliphatic heterocycles. The van der Waals surface area contributed by atoms with Gasteiger partial charge in [0, 0.05) is 18.7 Å². The molecule has 8 heteroatoms. The Labute approximate surface area is 126 Å². The fourth-order valence-electron chi connectivity index (χ4n) is 2.13. The van der Waals surface area contributed by atoms with Crippen LogP contribution in [0.3, 0.4) is 0 Å². The number of amides is 2. The lowest BCUT2D eigenvalue weighted by Gasteiger charge is -2.19. The third-order valence-electron chi connectivity index (χ3n) is 3.43. The Morgan fingerprint density at radius 2 is 2.09 bits per heavy atom. The van der Waals surface area contributed by atoms with Gasteiger partial charge in [-0.25, -0.2) is 5.43 Å². The van der Waals surface area contributed by atoms with Gasteiger partial charge in [-0.05, 0) is 37.5 Å². The standard InChI is InChI=1S/C14H16N4O4/c1-9(10-4-6-11(7-5-10)18(21)22)16-17-14(20)12-3-2-8-15-13(12)19/h4-7,12H,2-3,8H2,1H3,(H,15,19)(H,17,20)/b16-9-/t12-/m1/s1. The number of hydrogen-bond acceptors (Lipinski definition) is 5. The minimum atomic E-state index is -0.720. The fourth-order valence-corrected chi connectivity index (χ4v) is 2.13. The summed E-state index contributed by atoms with van der Waals surface area (Å²) in [6.45, 7) is 2.26. The van der Waals surface area contributed by atoms with Gasteiger partial charge < -0.3 is 5.32 Å². The van der Waals surface area contributed by atoms with Gasteiger partial charge in [0.2, 0.25) is 5.91 Å². The van der Waals surface area contributed by atoms with Crippen LogP contribution in [0.25, 0.3) is 0 Å². The van der Waals surface area contributed by atoms with Gasteiger partial charge in [0.15, 0.2) is 0 Å². The van der Waals surface area contributed by atoms with Crippen molar-refractivity contribution < 1.29 is 14.5 Å². The van der Waals surface area contributed by atoms with E-state index in [2.05, 4.69) is 15.8 Å². The van der Waals surface area contributed by atoms with Crippen LogP contribution in [0.4, 0.5) is 5.69 Å². The SMILES string of the molecule is C/C(=N/NC(=O)[C@@H]1CCCNC1=O)c1ccc([N+](=O)[O-])cc1. The van der Waals surface area contributed by atoms with Crippen LogP contribution >= 0.6 is 0 Å². The highest BCUT2D eigenvalue weighted by Gasteiger charge is 2.28. The van der Waals surface area contributed by atoms with Crippen molar-refractivity contribution in [3.8, 4) is 0 Å². The minimum absolute atomic E-state index is 0.0144. The molecule has 0 bridgehead atoms. The number of hydrogen-bond donors (Lipinski definition) is 2. The van der Waals surface area contributed by atoms with Crippen molar-refractivity contribution in [2.45, 2.75) is 19.8 Å². The van der Waals surface area contributed by atoms with Crippen molar-refractivity contribution in [1.82, 2.24) is 10.7 Å². The van der Waals surface area contributed by atoms with Crippen molar-refractivity contribution in [3.63, 3.8) is 0 Å². The molecule has 22 heavy (non-hydrogen) atoms. The summed E-state index contributed by atoms with van der Waals surface area (Å²) < 4.78 is 0. The monoisotopic (exact) mass is 304 g/mol. The first-order valence-corrected chi connectivity index (χ1v) is 6.85. The molecule has 1 fully saturated rings. The molecule has 1 aromatic rings. The number of carbonyl (C=O) groups excluding carboxylic acids is 2. The lowest BCUT2D eigenvalue weighted by Crippen LogP contribution is -2.44. The lowest BCUT2D eigenvalue weighted by atomic mass is 9.98. The van der Waals surface area contributed by atoms with Crippen molar-refractivity contribution >= 4 is 23.2 Å². The van der Waals surface area contributed by atoms with Crippen LogP contribution in [-0.4, -0.2) is 29.0 Å². The van der Waals surface area contributed by atoms with Gasteiger partial charge in [0.05, 0.1) is 10.6 Å².